The molecule has 1 aromatic rings. The molecule has 1 saturated heterocycles. The maximum atomic E-state index is 13.0. The first-order valence-electron chi connectivity index (χ1n) is 6.73. The minimum atomic E-state index is -4.47. The zero-order chi connectivity index (χ0) is 15.5. The highest BCUT2D eigenvalue weighted by Crippen LogP contribution is 2.37. The molecule has 0 bridgehead atoms. The first-order chi connectivity index (χ1) is 9.90. The molecule has 0 aromatic heterocycles. The number of nitrogens with two attached hydrogens (primary N) is 1. The van der Waals surface area contributed by atoms with Crippen molar-refractivity contribution in [3.63, 3.8) is 0 Å². The number of rotatable bonds is 4. The summed E-state index contributed by atoms with van der Waals surface area (Å²) in [6, 6.07) is 3.89. The van der Waals surface area contributed by atoms with Gasteiger partial charge in [-0.15, -0.1) is 0 Å². The van der Waals surface area contributed by atoms with Gasteiger partial charge in [-0.05, 0) is 24.7 Å². The maximum absolute atomic E-state index is 13.0. The fourth-order valence-electron chi connectivity index (χ4n) is 2.20. The largest absolute Gasteiger partial charge is 0.490 e. The normalized spacial score (nSPS) is 20.5. The van der Waals surface area contributed by atoms with E-state index in [2.05, 4.69) is 4.90 Å². The van der Waals surface area contributed by atoms with Crippen LogP contribution < -0.4 is 10.5 Å². The topological polar surface area (TPSA) is 47.7 Å². The molecule has 1 aliphatic rings. The number of halogens is 3. The van der Waals surface area contributed by atoms with Gasteiger partial charge in [0, 0.05) is 19.6 Å². The summed E-state index contributed by atoms with van der Waals surface area (Å²) in [5, 5.41) is 0. The highest BCUT2D eigenvalue weighted by atomic mass is 19.4. The molecule has 1 aliphatic heterocycles. The quantitative estimate of drug-likeness (QED) is 0.922. The Morgan fingerprint density at radius 3 is 2.81 bits per heavy atom. The average Bonchev–Trinajstić information content (AvgIpc) is 2.44. The van der Waals surface area contributed by atoms with Gasteiger partial charge >= 0.3 is 6.18 Å². The summed E-state index contributed by atoms with van der Waals surface area (Å²) in [4.78, 5) is 2.06. The van der Waals surface area contributed by atoms with Crippen LogP contribution in [0.5, 0.6) is 5.75 Å². The second kappa shape index (κ2) is 6.64. The van der Waals surface area contributed by atoms with Gasteiger partial charge in [0.1, 0.15) is 18.5 Å². The summed E-state index contributed by atoms with van der Waals surface area (Å²) in [5.74, 6) is -0.184. The Morgan fingerprint density at radius 1 is 1.43 bits per heavy atom. The average molecular weight is 304 g/mol. The zero-order valence-corrected chi connectivity index (χ0v) is 11.8. The molecule has 1 aromatic carbocycles. The SMILES string of the molecule is CN1CCOC(COc2ccc(CN)cc2C(F)(F)F)C1. The van der Waals surface area contributed by atoms with E-state index in [1.807, 2.05) is 7.05 Å². The molecule has 2 N–H and O–H groups in total. The van der Waals surface area contributed by atoms with Crippen molar-refractivity contribution >= 4 is 0 Å². The second-order valence-corrected chi connectivity index (χ2v) is 5.10. The summed E-state index contributed by atoms with van der Waals surface area (Å²) >= 11 is 0. The number of benzene rings is 1. The van der Waals surface area contributed by atoms with Crippen molar-refractivity contribution in [1.29, 1.82) is 0 Å². The van der Waals surface area contributed by atoms with E-state index in [1.165, 1.54) is 6.07 Å². The standard InChI is InChI=1S/C14H19F3N2O2/c1-19-4-5-20-11(8-19)9-21-13-3-2-10(7-18)6-12(13)14(15,16)17/h2-3,6,11H,4-5,7-9,18H2,1H3. The van der Waals surface area contributed by atoms with Crippen molar-refractivity contribution in [3.05, 3.63) is 29.3 Å². The Balaban J connectivity index is 2.08. The van der Waals surface area contributed by atoms with Gasteiger partial charge in [-0.1, -0.05) is 6.07 Å². The Bertz CT molecular complexity index is 480. The van der Waals surface area contributed by atoms with E-state index in [-0.39, 0.29) is 25.0 Å². The van der Waals surface area contributed by atoms with Crippen molar-refractivity contribution in [2.24, 2.45) is 5.73 Å². The third-order valence-corrected chi connectivity index (χ3v) is 3.35. The Kier molecular flexibility index (Phi) is 5.08. The first-order valence-corrected chi connectivity index (χ1v) is 6.73. The van der Waals surface area contributed by atoms with Crippen LogP contribution in [0.15, 0.2) is 18.2 Å². The summed E-state index contributed by atoms with van der Waals surface area (Å²) in [6.07, 6.45) is -4.69. The van der Waals surface area contributed by atoms with E-state index < -0.39 is 11.7 Å². The van der Waals surface area contributed by atoms with Crippen LogP contribution in [0.2, 0.25) is 0 Å². The summed E-state index contributed by atoms with van der Waals surface area (Å²) in [6.45, 7) is 2.16. The van der Waals surface area contributed by atoms with Crippen molar-refractivity contribution in [2.45, 2.75) is 18.8 Å². The van der Waals surface area contributed by atoms with Crippen molar-refractivity contribution in [1.82, 2.24) is 4.90 Å². The third kappa shape index (κ3) is 4.33. The van der Waals surface area contributed by atoms with Gasteiger partial charge in [0.2, 0.25) is 0 Å². The molecule has 2 rings (SSSR count). The van der Waals surface area contributed by atoms with Crippen LogP contribution in [0.3, 0.4) is 0 Å². The molecule has 0 amide bonds. The van der Waals surface area contributed by atoms with Crippen LogP contribution in [-0.4, -0.2) is 44.4 Å². The van der Waals surface area contributed by atoms with Gasteiger partial charge in [0.25, 0.3) is 0 Å². The van der Waals surface area contributed by atoms with Gasteiger partial charge in [-0.3, -0.25) is 0 Å². The molecule has 7 heteroatoms. The van der Waals surface area contributed by atoms with Crippen LogP contribution in [-0.2, 0) is 17.5 Å². The summed E-state index contributed by atoms with van der Waals surface area (Å²) in [5.41, 5.74) is 5.01. The predicted molar refractivity (Wildman–Crippen MR) is 72.1 cm³/mol. The number of alkyl halides is 3. The molecule has 0 spiro atoms. The highest BCUT2D eigenvalue weighted by Gasteiger charge is 2.35. The summed E-state index contributed by atoms with van der Waals surface area (Å²) in [7, 11) is 1.94. The molecular formula is C14H19F3N2O2. The molecular weight excluding hydrogens is 285 g/mol. The van der Waals surface area contributed by atoms with Crippen molar-refractivity contribution in [2.75, 3.05) is 33.4 Å². The molecule has 1 fully saturated rings. The first kappa shape index (κ1) is 16.1. The molecule has 4 nitrogen and oxygen atoms in total. The van der Waals surface area contributed by atoms with Crippen molar-refractivity contribution in [3.8, 4) is 5.75 Å². The van der Waals surface area contributed by atoms with Gasteiger partial charge in [0.05, 0.1) is 12.2 Å². The number of ether oxygens (including phenoxy) is 2. The van der Waals surface area contributed by atoms with E-state index in [1.54, 1.807) is 6.07 Å². The van der Waals surface area contributed by atoms with Gasteiger partial charge in [-0.25, -0.2) is 0 Å². The predicted octanol–water partition coefficient (Wildman–Crippen LogP) is 1.87. The number of likely N-dealkylation sites (N-methyl/N-ethyl adjacent to an activating group) is 1. The molecule has 118 valence electrons. The smallest absolute Gasteiger partial charge is 0.419 e. The van der Waals surface area contributed by atoms with E-state index in [0.717, 1.165) is 12.6 Å². The summed E-state index contributed by atoms with van der Waals surface area (Å²) < 4.78 is 49.9. The molecule has 21 heavy (non-hydrogen) atoms. The van der Waals surface area contributed by atoms with Crippen LogP contribution in [0, 0.1) is 0 Å². The Morgan fingerprint density at radius 2 is 2.19 bits per heavy atom. The molecule has 1 heterocycles. The van der Waals surface area contributed by atoms with E-state index in [9.17, 15) is 13.2 Å². The Labute approximate surface area is 121 Å². The Hall–Kier alpha value is -1.31. The number of nitrogens with zero attached hydrogens (tertiary/aromatic N) is 1. The van der Waals surface area contributed by atoms with Gasteiger partial charge in [0.15, 0.2) is 0 Å². The van der Waals surface area contributed by atoms with Gasteiger partial charge in [-0.2, -0.15) is 13.2 Å². The number of morpholine rings is 1. The van der Waals surface area contributed by atoms with Gasteiger partial charge < -0.3 is 20.1 Å². The molecule has 0 radical (unpaired) electrons. The third-order valence-electron chi connectivity index (χ3n) is 3.35. The number of hydrogen-bond acceptors (Lipinski definition) is 4. The molecule has 0 saturated carbocycles. The lowest BCUT2D eigenvalue weighted by Gasteiger charge is -2.30. The highest BCUT2D eigenvalue weighted by molar-refractivity contribution is 5.39. The fourth-order valence-corrected chi connectivity index (χ4v) is 2.20. The monoisotopic (exact) mass is 304 g/mol. The lowest BCUT2D eigenvalue weighted by atomic mass is 10.1. The number of hydrogen-bond donors (Lipinski definition) is 1. The second-order valence-electron chi connectivity index (χ2n) is 5.10. The minimum Gasteiger partial charge on any atom is -0.490 e. The maximum Gasteiger partial charge on any atom is 0.419 e. The lowest BCUT2D eigenvalue weighted by molar-refractivity contribution is -0.139. The van der Waals surface area contributed by atoms with Crippen LogP contribution >= 0.6 is 0 Å². The van der Waals surface area contributed by atoms with Crippen LogP contribution in [0.4, 0.5) is 13.2 Å². The van der Waals surface area contributed by atoms with E-state index in [4.69, 9.17) is 15.2 Å². The van der Waals surface area contributed by atoms with E-state index in [0.29, 0.717) is 18.7 Å². The minimum absolute atomic E-state index is 0.0554. The molecule has 0 aliphatic carbocycles. The lowest BCUT2D eigenvalue weighted by Crippen LogP contribution is -2.42. The molecule has 1 unspecified atom stereocenters. The van der Waals surface area contributed by atoms with Crippen LogP contribution in [0.1, 0.15) is 11.1 Å². The zero-order valence-electron chi connectivity index (χ0n) is 11.8. The van der Waals surface area contributed by atoms with Crippen molar-refractivity contribution < 1.29 is 22.6 Å². The van der Waals surface area contributed by atoms with E-state index >= 15 is 0 Å². The fraction of sp³-hybridized carbons (Fsp3) is 0.571. The van der Waals surface area contributed by atoms with Crippen LogP contribution in [0.25, 0.3) is 0 Å². The molecule has 1 atom stereocenters.